The third kappa shape index (κ3) is 4.38. The van der Waals surface area contributed by atoms with Gasteiger partial charge in [0.1, 0.15) is 0 Å². The summed E-state index contributed by atoms with van der Waals surface area (Å²) in [4.78, 5) is 27.5. The van der Waals surface area contributed by atoms with Crippen LogP contribution in [0.2, 0.25) is 0 Å². The topological polar surface area (TPSA) is 44.0 Å². The van der Waals surface area contributed by atoms with E-state index in [1.807, 2.05) is 72.8 Å². The number of carbonyl (C=O) groups is 2. The van der Waals surface area contributed by atoms with E-state index in [1.165, 1.54) is 21.5 Å². The highest BCUT2D eigenvalue weighted by atomic mass is 16.1. The Morgan fingerprint density at radius 3 is 0.958 bits per heavy atom. The number of nitrogens with zero attached hydrogens (tertiary/aromatic N) is 2. The minimum absolute atomic E-state index is 0.0926. The summed E-state index contributed by atoms with van der Waals surface area (Å²) < 4.78 is 4.41. The molecule has 4 heteroatoms. The van der Waals surface area contributed by atoms with E-state index in [-0.39, 0.29) is 11.6 Å². The van der Waals surface area contributed by atoms with Crippen LogP contribution in [0.15, 0.2) is 170 Å². The predicted octanol–water partition coefficient (Wildman–Crippen LogP) is 10.3. The molecule has 0 radical (unpaired) electrons. The van der Waals surface area contributed by atoms with Crippen molar-refractivity contribution in [1.82, 2.24) is 9.13 Å². The second-order valence-corrected chi connectivity index (χ2v) is 12.1. The fourth-order valence-corrected chi connectivity index (χ4v) is 7.08. The summed E-state index contributed by atoms with van der Waals surface area (Å²) in [6.07, 6.45) is 0. The minimum atomic E-state index is -0.0926. The molecule has 0 aliphatic rings. The van der Waals surface area contributed by atoms with E-state index in [2.05, 4.69) is 81.9 Å². The molecule has 0 aliphatic carbocycles. The van der Waals surface area contributed by atoms with E-state index >= 15 is 0 Å². The zero-order valence-corrected chi connectivity index (χ0v) is 25.9. The van der Waals surface area contributed by atoms with Gasteiger partial charge in [0.05, 0.1) is 22.1 Å². The molecule has 0 unspecified atom stereocenters. The van der Waals surface area contributed by atoms with E-state index in [0.29, 0.717) is 22.3 Å². The van der Waals surface area contributed by atoms with Gasteiger partial charge in [0.15, 0.2) is 11.6 Å². The SMILES string of the molecule is O=C(c1ccc(C(=O)c2cccc(-n3c4ccccc4c4ccccc43)c2)cc1)c1cccc(-n2c3ccccc3c3ccccc32)c1. The normalized spacial score (nSPS) is 11.5. The average Bonchev–Trinajstić information content (AvgIpc) is 3.68. The molecule has 9 aromatic rings. The Balaban J connectivity index is 1.03. The summed E-state index contributed by atoms with van der Waals surface area (Å²) in [5, 5.41) is 4.69. The second-order valence-electron chi connectivity index (χ2n) is 12.1. The van der Waals surface area contributed by atoms with Gasteiger partial charge in [-0.25, -0.2) is 0 Å². The monoisotopic (exact) mass is 616 g/mol. The van der Waals surface area contributed by atoms with Gasteiger partial charge in [0, 0.05) is 55.2 Å². The number of benzene rings is 7. The molecule has 0 N–H and O–H groups in total. The lowest BCUT2D eigenvalue weighted by Crippen LogP contribution is -2.06. The number of hydrogen-bond acceptors (Lipinski definition) is 2. The lowest BCUT2D eigenvalue weighted by Gasteiger charge is -2.11. The van der Waals surface area contributed by atoms with Gasteiger partial charge < -0.3 is 9.13 Å². The lowest BCUT2D eigenvalue weighted by molar-refractivity contribution is 0.102. The van der Waals surface area contributed by atoms with Crippen molar-refractivity contribution in [3.8, 4) is 11.4 Å². The number of para-hydroxylation sites is 4. The van der Waals surface area contributed by atoms with Gasteiger partial charge in [-0.1, -0.05) is 121 Å². The van der Waals surface area contributed by atoms with Crippen LogP contribution in [-0.4, -0.2) is 20.7 Å². The van der Waals surface area contributed by atoms with Gasteiger partial charge in [-0.15, -0.1) is 0 Å². The number of rotatable bonds is 6. The Bertz CT molecular complexity index is 2420. The third-order valence-electron chi connectivity index (χ3n) is 9.30. The van der Waals surface area contributed by atoms with Gasteiger partial charge in [-0.3, -0.25) is 9.59 Å². The standard InChI is InChI=1S/C44H28N2O2/c47-43(31-11-9-13-33(27-31)45-39-19-5-1-15-35(39)36-16-2-6-20-40(36)45)29-23-25-30(26-24-29)44(48)32-12-10-14-34(28-32)46-41-21-7-3-17-37(41)38-18-4-8-22-42(38)46/h1-28H. The highest BCUT2D eigenvalue weighted by Crippen LogP contribution is 2.33. The quantitative estimate of drug-likeness (QED) is 0.175. The maximum atomic E-state index is 13.7. The molecule has 0 spiro atoms. The molecule has 0 bridgehead atoms. The summed E-state index contributed by atoms with van der Waals surface area (Å²) in [5.74, 6) is -0.185. The van der Waals surface area contributed by atoms with Crippen LogP contribution in [0, 0.1) is 0 Å². The third-order valence-corrected chi connectivity index (χ3v) is 9.30. The molecule has 0 fully saturated rings. The Kier molecular flexibility index (Phi) is 6.41. The van der Waals surface area contributed by atoms with Crippen LogP contribution in [0.3, 0.4) is 0 Å². The molecule has 2 heterocycles. The van der Waals surface area contributed by atoms with E-state index in [9.17, 15) is 9.59 Å². The Morgan fingerprint density at radius 2 is 0.625 bits per heavy atom. The molecule has 4 nitrogen and oxygen atoms in total. The second kappa shape index (κ2) is 11.1. The Hall–Kier alpha value is -6.52. The van der Waals surface area contributed by atoms with Gasteiger partial charge in [0.25, 0.3) is 0 Å². The number of hydrogen-bond donors (Lipinski definition) is 0. The number of carbonyl (C=O) groups excluding carboxylic acids is 2. The lowest BCUT2D eigenvalue weighted by atomic mass is 9.98. The maximum Gasteiger partial charge on any atom is 0.193 e. The number of fused-ring (bicyclic) bond motifs is 6. The van der Waals surface area contributed by atoms with Crippen molar-refractivity contribution < 1.29 is 9.59 Å². The Labute approximate surface area is 276 Å². The largest absolute Gasteiger partial charge is 0.309 e. The predicted molar refractivity (Wildman–Crippen MR) is 195 cm³/mol. The summed E-state index contributed by atoms with van der Waals surface area (Å²) in [6, 6.07) is 55.8. The molecule has 9 rings (SSSR count). The van der Waals surface area contributed by atoms with Crippen molar-refractivity contribution in [3.05, 3.63) is 192 Å². The molecule has 7 aromatic carbocycles. The molecule has 0 amide bonds. The molecule has 0 atom stereocenters. The van der Waals surface area contributed by atoms with Crippen LogP contribution in [0.25, 0.3) is 55.0 Å². The number of aromatic nitrogens is 2. The van der Waals surface area contributed by atoms with Crippen molar-refractivity contribution >= 4 is 55.2 Å². The first-order chi connectivity index (χ1) is 23.7. The van der Waals surface area contributed by atoms with E-state index in [4.69, 9.17) is 0 Å². The van der Waals surface area contributed by atoms with Crippen molar-refractivity contribution in [2.45, 2.75) is 0 Å². The van der Waals surface area contributed by atoms with Crippen molar-refractivity contribution in [2.75, 3.05) is 0 Å². The van der Waals surface area contributed by atoms with Gasteiger partial charge in [-0.05, 0) is 48.5 Å². The van der Waals surface area contributed by atoms with E-state index in [1.54, 1.807) is 24.3 Å². The highest BCUT2D eigenvalue weighted by Gasteiger charge is 2.17. The summed E-state index contributed by atoms with van der Waals surface area (Å²) in [7, 11) is 0. The van der Waals surface area contributed by atoms with Crippen LogP contribution in [0.1, 0.15) is 31.8 Å². The zero-order valence-electron chi connectivity index (χ0n) is 25.9. The van der Waals surface area contributed by atoms with Gasteiger partial charge >= 0.3 is 0 Å². The van der Waals surface area contributed by atoms with Crippen LogP contribution >= 0.6 is 0 Å². The maximum absolute atomic E-state index is 13.7. The molecule has 2 aromatic heterocycles. The Morgan fingerprint density at radius 1 is 0.312 bits per heavy atom. The number of ketones is 2. The first kappa shape index (κ1) is 27.8. The van der Waals surface area contributed by atoms with Gasteiger partial charge in [0.2, 0.25) is 0 Å². The smallest absolute Gasteiger partial charge is 0.193 e. The zero-order chi connectivity index (χ0) is 32.2. The van der Waals surface area contributed by atoms with Crippen LogP contribution in [0.4, 0.5) is 0 Å². The van der Waals surface area contributed by atoms with E-state index in [0.717, 1.165) is 33.4 Å². The van der Waals surface area contributed by atoms with Crippen LogP contribution < -0.4 is 0 Å². The molecule has 226 valence electrons. The molecular formula is C44H28N2O2. The minimum Gasteiger partial charge on any atom is -0.309 e. The summed E-state index contributed by atoms with van der Waals surface area (Å²) in [6.45, 7) is 0. The van der Waals surface area contributed by atoms with Crippen LogP contribution in [-0.2, 0) is 0 Å². The van der Waals surface area contributed by atoms with Crippen molar-refractivity contribution in [1.29, 1.82) is 0 Å². The molecular weight excluding hydrogens is 588 g/mol. The molecule has 0 saturated heterocycles. The summed E-state index contributed by atoms with van der Waals surface area (Å²) in [5.41, 5.74) is 8.46. The fraction of sp³-hybridized carbons (Fsp3) is 0. The first-order valence-corrected chi connectivity index (χ1v) is 16.0. The highest BCUT2D eigenvalue weighted by molar-refractivity contribution is 6.13. The molecule has 48 heavy (non-hydrogen) atoms. The molecule has 0 saturated carbocycles. The fourth-order valence-electron chi connectivity index (χ4n) is 7.08. The summed E-state index contributed by atoms with van der Waals surface area (Å²) >= 11 is 0. The van der Waals surface area contributed by atoms with Crippen LogP contribution in [0.5, 0.6) is 0 Å². The van der Waals surface area contributed by atoms with E-state index < -0.39 is 0 Å². The molecule has 0 aliphatic heterocycles. The van der Waals surface area contributed by atoms with Crippen molar-refractivity contribution in [3.63, 3.8) is 0 Å². The van der Waals surface area contributed by atoms with Gasteiger partial charge in [-0.2, -0.15) is 0 Å². The average molecular weight is 617 g/mol. The first-order valence-electron chi connectivity index (χ1n) is 16.0. The van der Waals surface area contributed by atoms with Crippen molar-refractivity contribution in [2.24, 2.45) is 0 Å².